The van der Waals surface area contributed by atoms with Crippen molar-refractivity contribution in [3.63, 3.8) is 0 Å². The fourth-order valence-corrected chi connectivity index (χ4v) is 3.54. The molecule has 1 aliphatic rings. The van der Waals surface area contributed by atoms with Gasteiger partial charge >= 0.3 is 0 Å². The van der Waals surface area contributed by atoms with Crippen LogP contribution in [0.1, 0.15) is 11.4 Å². The lowest BCUT2D eigenvalue weighted by atomic mass is 10.3. The number of benzene rings is 1. The van der Waals surface area contributed by atoms with Gasteiger partial charge in [0.25, 0.3) is 0 Å². The first-order chi connectivity index (χ1) is 11.6. The number of fused-ring (bicyclic) bond motifs is 2. The molecule has 24 heavy (non-hydrogen) atoms. The van der Waals surface area contributed by atoms with Crippen molar-refractivity contribution in [1.82, 2.24) is 14.8 Å². The van der Waals surface area contributed by atoms with Gasteiger partial charge in [0, 0.05) is 17.8 Å². The van der Waals surface area contributed by atoms with Gasteiger partial charge in [0.2, 0.25) is 5.91 Å². The lowest BCUT2D eigenvalue weighted by Crippen LogP contribution is -2.20. The molecule has 1 aromatic carbocycles. The first kappa shape index (κ1) is 14.9. The Balaban J connectivity index is 1.53. The lowest BCUT2D eigenvalue weighted by Gasteiger charge is -2.17. The molecule has 0 fully saturated rings. The van der Waals surface area contributed by atoms with Crippen molar-refractivity contribution < 1.29 is 14.3 Å². The summed E-state index contributed by atoms with van der Waals surface area (Å²) < 4.78 is 13.8. The zero-order valence-corrected chi connectivity index (χ0v) is 14.1. The average Bonchev–Trinajstić information content (AvgIpc) is 3.06. The minimum absolute atomic E-state index is 0.155. The van der Waals surface area contributed by atoms with E-state index in [9.17, 15) is 4.79 Å². The second kappa shape index (κ2) is 5.79. The minimum Gasteiger partial charge on any atom is -0.486 e. The maximum Gasteiger partial charge on any atom is 0.247 e. The fraction of sp³-hybridized carbons (Fsp3) is 0.312. The summed E-state index contributed by atoms with van der Waals surface area (Å²) in [6, 6.07) is 5.69. The van der Waals surface area contributed by atoms with E-state index in [-0.39, 0.29) is 12.5 Å². The monoisotopic (exact) mass is 344 g/mol. The Morgan fingerprint density at radius 1 is 1.25 bits per heavy atom. The molecule has 0 bridgehead atoms. The molecule has 0 radical (unpaired) electrons. The Hall–Kier alpha value is -2.61. The fourth-order valence-electron chi connectivity index (χ4n) is 2.65. The highest BCUT2D eigenvalue weighted by Crippen LogP contribution is 2.37. The third-order valence-corrected chi connectivity index (χ3v) is 4.63. The molecule has 1 N–H and O–H groups in total. The second-order valence-corrected chi connectivity index (χ2v) is 6.65. The molecule has 0 unspecified atom stereocenters. The molecule has 124 valence electrons. The predicted molar refractivity (Wildman–Crippen MR) is 90.9 cm³/mol. The molecule has 0 spiro atoms. The van der Waals surface area contributed by atoms with Crippen molar-refractivity contribution in [3.05, 3.63) is 29.6 Å². The number of amides is 1. The van der Waals surface area contributed by atoms with E-state index in [0.717, 1.165) is 27.4 Å². The van der Waals surface area contributed by atoms with Crippen molar-refractivity contribution in [2.24, 2.45) is 0 Å². The lowest BCUT2D eigenvalue weighted by molar-refractivity contribution is -0.116. The number of rotatable bonds is 3. The second-order valence-electron chi connectivity index (χ2n) is 5.62. The summed E-state index contributed by atoms with van der Waals surface area (Å²) in [7, 11) is 0. The summed E-state index contributed by atoms with van der Waals surface area (Å²) in [6.07, 6.45) is 0. The molecule has 0 saturated carbocycles. The molecule has 4 rings (SSSR count). The number of thiazole rings is 1. The highest BCUT2D eigenvalue weighted by atomic mass is 32.1. The standard InChI is InChI=1S/C16H16N4O3S/c1-9-5-10(2)20(19-9)8-15(21)18-16-17-11-6-12-13(7-14(11)24-16)23-4-3-22-12/h5-7H,3-4,8H2,1-2H3,(H,17,18,21). The van der Waals surface area contributed by atoms with E-state index in [1.54, 1.807) is 4.68 Å². The third-order valence-electron chi connectivity index (χ3n) is 3.70. The number of ether oxygens (including phenoxy) is 2. The number of carbonyl (C=O) groups is 1. The van der Waals surface area contributed by atoms with Crippen LogP contribution in [0.3, 0.4) is 0 Å². The van der Waals surface area contributed by atoms with E-state index >= 15 is 0 Å². The first-order valence-electron chi connectivity index (χ1n) is 7.59. The van der Waals surface area contributed by atoms with Gasteiger partial charge < -0.3 is 14.8 Å². The van der Waals surface area contributed by atoms with Crippen molar-refractivity contribution in [1.29, 1.82) is 0 Å². The number of aromatic nitrogens is 3. The molecular formula is C16H16N4O3S. The first-order valence-corrected chi connectivity index (χ1v) is 8.41. The number of hydrogen-bond acceptors (Lipinski definition) is 6. The van der Waals surface area contributed by atoms with Crippen LogP contribution in [0.15, 0.2) is 18.2 Å². The van der Waals surface area contributed by atoms with Gasteiger partial charge in [-0.15, -0.1) is 0 Å². The number of anilines is 1. The van der Waals surface area contributed by atoms with E-state index in [4.69, 9.17) is 9.47 Å². The predicted octanol–water partition coefficient (Wildman–Crippen LogP) is 2.52. The van der Waals surface area contributed by atoms with Crippen LogP contribution in [0.5, 0.6) is 11.5 Å². The quantitative estimate of drug-likeness (QED) is 0.790. The molecule has 3 heterocycles. The highest BCUT2D eigenvalue weighted by Gasteiger charge is 2.16. The molecule has 0 atom stereocenters. The van der Waals surface area contributed by atoms with Gasteiger partial charge in [-0.3, -0.25) is 9.48 Å². The van der Waals surface area contributed by atoms with Crippen molar-refractivity contribution >= 4 is 32.6 Å². The van der Waals surface area contributed by atoms with Crippen LogP contribution in [-0.2, 0) is 11.3 Å². The number of aryl methyl sites for hydroxylation is 2. The van der Waals surface area contributed by atoms with Crippen LogP contribution < -0.4 is 14.8 Å². The van der Waals surface area contributed by atoms with E-state index < -0.39 is 0 Å². The molecule has 0 saturated heterocycles. The number of carbonyl (C=O) groups excluding carboxylic acids is 1. The zero-order chi connectivity index (χ0) is 16.7. The molecule has 1 aliphatic heterocycles. The average molecular weight is 344 g/mol. The van der Waals surface area contributed by atoms with Gasteiger partial charge in [0.1, 0.15) is 19.8 Å². The highest BCUT2D eigenvalue weighted by molar-refractivity contribution is 7.22. The van der Waals surface area contributed by atoms with Crippen LogP contribution in [0, 0.1) is 13.8 Å². The summed E-state index contributed by atoms with van der Waals surface area (Å²) in [5.41, 5.74) is 2.63. The van der Waals surface area contributed by atoms with Crippen LogP contribution in [0.2, 0.25) is 0 Å². The summed E-state index contributed by atoms with van der Waals surface area (Å²) in [6.45, 7) is 5.08. The topological polar surface area (TPSA) is 78.3 Å². The van der Waals surface area contributed by atoms with Crippen molar-refractivity contribution in [2.45, 2.75) is 20.4 Å². The maximum absolute atomic E-state index is 12.2. The maximum atomic E-state index is 12.2. The van der Waals surface area contributed by atoms with E-state index in [1.165, 1.54) is 11.3 Å². The Kier molecular flexibility index (Phi) is 3.61. The van der Waals surface area contributed by atoms with Crippen LogP contribution in [-0.4, -0.2) is 33.9 Å². The Morgan fingerprint density at radius 2 is 2.00 bits per heavy atom. The minimum atomic E-state index is -0.155. The normalized spacial score (nSPS) is 13.2. The summed E-state index contributed by atoms with van der Waals surface area (Å²) in [5, 5.41) is 7.68. The van der Waals surface area contributed by atoms with Crippen LogP contribution >= 0.6 is 11.3 Å². The molecular weight excluding hydrogens is 328 g/mol. The Morgan fingerprint density at radius 3 is 2.71 bits per heavy atom. The summed E-state index contributed by atoms with van der Waals surface area (Å²) >= 11 is 1.41. The zero-order valence-electron chi connectivity index (χ0n) is 13.3. The Bertz CT molecular complexity index is 888. The van der Waals surface area contributed by atoms with Crippen molar-refractivity contribution in [2.75, 3.05) is 18.5 Å². The molecule has 7 nitrogen and oxygen atoms in total. The number of nitrogens with one attached hydrogen (secondary N) is 1. The number of hydrogen-bond donors (Lipinski definition) is 1. The van der Waals surface area contributed by atoms with Gasteiger partial charge in [-0.05, 0) is 19.9 Å². The molecule has 1 amide bonds. The number of nitrogens with zero attached hydrogens (tertiary/aromatic N) is 3. The molecule has 8 heteroatoms. The third kappa shape index (κ3) is 2.80. The molecule has 3 aromatic rings. The van der Waals surface area contributed by atoms with Crippen LogP contribution in [0.4, 0.5) is 5.13 Å². The van der Waals surface area contributed by atoms with E-state index in [0.29, 0.717) is 24.1 Å². The summed E-state index contributed by atoms with van der Waals surface area (Å²) in [4.78, 5) is 16.7. The van der Waals surface area contributed by atoms with Gasteiger partial charge in [-0.25, -0.2) is 4.98 Å². The van der Waals surface area contributed by atoms with Gasteiger partial charge in [0.15, 0.2) is 16.6 Å². The molecule has 2 aromatic heterocycles. The van der Waals surface area contributed by atoms with E-state index in [1.807, 2.05) is 32.0 Å². The van der Waals surface area contributed by atoms with Crippen LogP contribution in [0.25, 0.3) is 10.2 Å². The Labute approximate surface area is 142 Å². The smallest absolute Gasteiger partial charge is 0.247 e. The van der Waals surface area contributed by atoms with Gasteiger partial charge in [0.05, 0.1) is 15.9 Å². The van der Waals surface area contributed by atoms with E-state index in [2.05, 4.69) is 15.4 Å². The largest absolute Gasteiger partial charge is 0.486 e. The summed E-state index contributed by atoms with van der Waals surface area (Å²) in [5.74, 6) is 1.26. The molecule has 0 aliphatic carbocycles. The van der Waals surface area contributed by atoms with Gasteiger partial charge in [-0.2, -0.15) is 5.10 Å². The van der Waals surface area contributed by atoms with Gasteiger partial charge in [-0.1, -0.05) is 11.3 Å². The van der Waals surface area contributed by atoms with Crippen molar-refractivity contribution in [3.8, 4) is 11.5 Å². The SMILES string of the molecule is Cc1cc(C)n(CC(=O)Nc2nc3cc4c(cc3s2)OCCO4)n1.